The van der Waals surface area contributed by atoms with Crippen LogP contribution in [0.2, 0.25) is 0 Å². The van der Waals surface area contributed by atoms with Crippen molar-refractivity contribution in [1.82, 2.24) is 29.2 Å². The Morgan fingerprint density at radius 3 is 2.62 bits per heavy atom. The fourth-order valence-corrected chi connectivity index (χ4v) is 3.50. The van der Waals surface area contributed by atoms with Gasteiger partial charge in [0, 0.05) is 38.6 Å². The number of anilines is 3. The standard InChI is InChI=1S/C21H22N8/c1-27-10-12-28(13-11-27)19-6-5-16(14-23-19)25-21-22-8-7-17(26-21)18-15-24-20-4-2-3-9-29(18)20/h2-9,14-15H,10-13H2,1H3,(H,22,25,26). The van der Waals surface area contributed by atoms with Crippen LogP contribution in [-0.2, 0) is 0 Å². The highest BCUT2D eigenvalue weighted by atomic mass is 15.3. The fraction of sp³-hybridized carbons (Fsp3) is 0.238. The number of fused-ring (bicyclic) bond motifs is 1. The first-order valence-electron chi connectivity index (χ1n) is 9.68. The van der Waals surface area contributed by atoms with Gasteiger partial charge in [0.2, 0.25) is 5.95 Å². The molecule has 0 unspecified atom stereocenters. The van der Waals surface area contributed by atoms with Crippen molar-refractivity contribution in [3.8, 4) is 11.4 Å². The molecule has 1 N–H and O–H groups in total. The highest BCUT2D eigenvalue weighted by Crippen LogP contribution is 2.21. The van der Waals surface area contributed by atoms with Crippen LogP contribution in [0.1, 0.15) is 0 Å². The fourth-order valence-electron chi connectivity index (χ4n) is 3.50. The molecule has 8 heteroatoms. The van der Waals surface area contributed by atoms with Crippen LogP contribution in [0.4, 0.5) is 17.5 Å². The molecule has 0 aromatic carbocycles. The highest BCUT2D eigenvalue weighted by Gasteiger charge is 2.15. The first-order valence-corrected chi connectivity index (χ1v) is 9.68. The lowest BCUT2D eigenvalue weighted by atomic mass is 10.3. The van der Waals surface area contributed by atoms with E-state index in [0.717, 1.165) is 54.7 Å². The van der Waals surface area contributed by atoms with Crippen molar-refractivity contribution in [3.05, 3.63) is 61.2 Å². The zero-order valence-electron chi connectivity index (χ0n) is 16.2. The summed E-state index contributed by atoms with van der Waals surface area (Å²) in [7, 11) is 2.15. The van der Waals surface area contributed by atoms with Crippen molar-refractivity contribution >= 4 is 23.1 Å². The van der Waals surface area contributed by atoms with Gasteiger partial charge in [0.25, 0.3) is 0 Å². The molecule has 4 aromatic heterocycles. The maximum Gasteiger partial charge on any atom is 0.227 e. The molecule has 5 heterocycles. The summed E-state index contributed by atoms with van der Waals surface area (Å²) in [5.74, 6) is 1.53. The second kappa shape index (κ2) is 7.48. The van der Waals surface area contributed by atoms with E-state index in [1.54, 1.807) is 6.20 Å². The third-order valence-electron chi connectivity index (χ3n) is 5.17. The molecule has 5 rings (SSSR count). The summed E-state index contributed by atoms with van der Waals surface area (Å²) in [5.41, 5.74) is 3.48. The summed E-state index contributed by atoms with van der Waals surface area (Å²) < 4.78 is 2.01. The first-order chi connectivity index (χ1) is 14.3. The van der Waals surface area contributed by atoms with Gasteiger partial charge in [-0.25, -0.2) is 19.9 Å². The average molecular weight is 386 g/mol. The Labute approximate surface area is 168 Å². The molecule has 1 aliphatic heterocycles. The van der Waals surface area contributed by atoms with Gasteiger partial charge in [-0.05, 0) is 37.4 Å². The molecule has 0 radical (unpaired) electrons. The van der Waals surface area contributed by atoms with Gasteiger partial charge in [-0.1, -0.05) is 6.07 Å². The van der Waals surface area contributed by atoms with E-state index in [1.165, 1.54) is 0 Å². The number of rotatable bonds is 4. The molecule has 146 valence electrons. The summed E-state index contributed by atoms with van der Waals surface area (Å²) in [5, 5.41) is 3.25. The van der Waals surface area contributed by atoms with Crippen LogP contribution in [0.15, 0.2) is 61.2 Å². The number of hydrogen-bond donors (Lipinski definition) is 1. The van der Waals surface area contributed by atoms with Gasteiger partial charge in [-0.15, -0.1) is 0 Å². The third-order valence-corrected chi connectivity index (χ3v) is 5.17. The molecule has 4 aromatic rings. The van der Waals surface area contributed by atoms with E-state index in [1.807, 2.05) is 59.4 Å². The minimum absolute atomic E-state index is 0.530. The summed E-state index contributed by atoms with van der Waals surface area (Å²) in [4.78, 5) is 22.7. The Balaban J connectivity index is 1.34. The van der Waals surface area contributed by atoms with E-state index < -0.39 is 0 Å². The maximum atomic E-state index is 4.65. The minimum Gasteiger partial charge on any atom is -0.354 e. The largest absolute Gasteiger partial charge is 0.354 e. The van der Waals surface area contributed by atoms with Crippen molar-refractivity contribution in [1.29, 1.82) is 0 Å². The zero-order valence-corrected chi connectivity index (χ0v) is 16.2. The lowest BCUT2D eigenvalue weighted by Gasteiger charge is -2.33. The molecule has 0 atom stereocenters. The molecule has 0 spiro atoms. The number of pyridine rings is 2. The van der Waals surface area contributed by atoms with Gasteiger partial charge in [0.05, 0.1) is 29.5 Å². The lowest BCUT2D eigenvalue weighted by molar-refractivity contribution is 0.312. The minimum atomic E-state index is 0.530. The number of likely N-dealkylation sites (N-methyl/N-ethyl adjacent to an activating group) is 1. The van der Waals surface area contributed by atoms with Crippen molar-refractivity contribution in [2.45, 2.75) is 0 Å². The van der Waals surface area contributed by atoms with Gasteiger partial charge in [-0.2, -0.15) is 0 Å². The van der Waals surface area contributed by atoms with Crippen LogP contribution >= 0.6 is 0 Å². The highest BCUT2D eigenvalue weighted by molar-refractivity contribution is 5.62. The van der Waals surface area contributed by atoms with Crippen LogP contribution < -0.4 is 10.2 Å². The molecule has 1 aliphatic rings. The molecule has 1 fully saturated rings. The molecule has 0 bridgehead atoms. The summed E-state index contributed by atoms with van der Waals surface area (Å²) in [6.07, 6.45) is 7.39. The maximum absolute atomic E-state index is 4.65. The topological polar surface area (TPSA) is 74.5 Å². The molecule has 0 aliphatic carbocycles. The Kier molecular flexibility index (Phi) is 4.53. The predicted octanol–water partition coefficient (Wildman–Crippen LogP) is 2.68. The van der Waals surface area contributed by atoms with Crippen molar-refractivity contribution in [2.24, 2.45) is 0 Å². The molecule has 8 nitrogen and oxygen atoms in total. The van der Waals surface area contributed by atoms with Crippen LogP contribution in [-0.4, -0.2) is 62.5 Å². The lowest BCUT2D eigenvalue weighted by Crippen LogP contribution is -2.44. The number of nitrogens with one attached hydrogen (secondary N) is 1. The third kappa shape index (κ3) is 3.62. The van der Waals surface area contributed by atoms with Crippen molar-refractivity contribution < 1.29 is 0 Å². The molecule has 1 saturated heterocycles. The average Bonchev–Trinajstić information content (AvgIpc) is 3.19. The van der Waals surface area contributed by atoms with Gasteiger partial charge in [0.1, 0.15) is 11.5 Å². The Morgan fingerprint density at radius 2 is 1.79 bits per heavy atom. The molecular formula is C21H22N8. The Bertz CT molecular complexity index is 1110. The summed E-state index contributed by atoms with van der Waals surface area (Å²) >= 11 is 0. The van der Waals surface area contributed by atoms with Crippen molar-refractivity contribution in [2.75, 3.05) is 43.4 Å². The molecular weight excluding hydrogens is 364 g/mol. The number of nitrogens with zero attached hydrogens (tertiary/aromatic N) is 7. The van der Waals surface area contributed by atoms with Gasteiger partial charge >= 0.3 is 0 Å². The Hall–Kier alpha value is -3.52. The zero-order chi connectivity index (χ0) is 19.6. The summed E-state index contributed by atoms with van der Waals surface area (Å²) in [6, 6.07) is 11.9. The SMILES string of the molecule is CN1CCN(c2ccc(Nc3nccc(-c4cnc5ccccn45)n3)cn2)CC1. The quantitative estimate of drug-likeness (QED) is 0.578. The number of aromatic nitrogens is 5. The van der Waals surface area contributed by atoms with E-state index in [9.17, 15) is 0 Å². The summed E-state index contributed by atoms with van der Waals surface area (Å²) in [6.45, 7) is 4.12. The molecule has 0 amide bonds. The van der Waals surface area contributed by atoms with Crippen LogP contribution in [0.5, 0.6) is 0 Å². The second-order valence-electron chi connectivity index (χ2n) is 7.16. The van der Waals surface area contributed by atoms with Crippen molar-refractivity contribution in [3.63, 3.8) is 0 Å². The predicted molar refractivity (Wildman–Crippen MR) is 113 cm³/mol. The van der Waals surface area contributed by atoms with E-state index >= 15 is 0 Å². The van der Waals surface area contributed by atoms with E-state index in [4.69, 9.17) is 0 Å². The monoisotopic (exact) mass is 386 g/mol. The van der Waals surface area contributed by atoms with E-state index in [0.29, 0.717) is 5.95 Å². The van der Waals surface area contributed by atoms with Gasteiger partial charge in [0.15, 0.2) is 0 Å². The first kappa shape index (κ1) is 17.6. The van der Waals surface area contributed by atoms with Crippen LogP contribution in [0, 0.1) is 0 Å². The van der Waals surface area contributed by atoms with Crippen LogP contribution in [0.3, 0.4) is 0 Å². The van der Waals surface area contributed by atoms with Crippen LogP contribution in [0.25, 0.3) is 17.0 Å². The molecule has 29 heavy (non-hydrogen) atoms. The number of imidazole rings is 1. The smallest absolute Gasteiger partial charge is 0.227 e. The molecule has 0 saturated carbocycles. The van der Waals surface area contributed by atoms with Gasteiger partial charge in [-0.3, -0.25) is 4.40 Å². The second-order valence-corrected chi connectivity index (χ2v) is 7.16. The normalized spacial score (nSPS) is 15.0. The number of hydrogen-bond acceptors (Lipinski definition) is 7. The van der Waals surface area contributed by atoms with E-state index in [-0.39, 0.29) is 0 Å². The number of piperazine rings is 1. The van der Waals surface area contributed by atoms with E-state index in [2.05, 4.69) is 42.1 Å². The van der Waals surface area contributed by atoms with Gasteiger partial charge < -0.3 is 15.1 Å². The Morgan fingerprint density at radius 1 is 0.897 bits per heavy atom.